The zero-order valence-electron chi connectivity index (χ0n) is 13.2. The minimum Gasteiger partial charge on any atom is -0.364 e. The minimum atomic E-state index is 0.0269. The van der Waals surface area contributed by atoms with Gasteiger partial charge >= 0.3 is 0 Å². The summed E-state index contributed by atoms with van der Waals surface area (Å²) in [6.45, 7) is 2.13. The Kier molecular flexibility index (Phi) is 4.76. The molecule has 0 spiro atoms. The van der Waals surface area contributed by atoms with E-state index in [0.717, 1.165) is 11.4 Å². The first-order valence-corrected chi connectivity index (χ1v) is 7.54. The van der Waals surface area contributed by atoms with Crippen molar-refractivity contribution in [2.24, 2.45) is 0 Å². The molecule has 6 heteroatoms. The maximum atomic E-state index is 11.5. The number of rotatable bonds is 6. The predicted molar refractivity (Wildman–Crippen MR) is 93.3 cm³/mol. The van der Waals surface area contributed by atoms with Crippen LogP contribution in [-0.4, -0.2) is 20.7 Å². The van der Waals surface area contributed by atoms with Crippen LogP contribution in [-0.2, 0) is 6.54 Å². The van der Waals surface area contributed by atoms with Crippen LogP contribution < -0.4 is 10.6 Å². The van der Waals surface area contributed by atoms with Crippen molar-refractivity contribution in [3.63, 3.8) is 0 Å². The van der Waals surface area contributed by atoms with Gasteiger partial charge in [-0.15, -0.1) is 0 Å². The number of carbonyl (C=O) groups excluding carboxylic acids is 1. The van der Waals surface area contributed by atoms with Gasteiger partial charge in [0, 0.05) is 23.5 Å². The van der Waals surface area contributed by atoms with E-state index in [9.17, 15) is 4.79 Å². The van der Waals surface area contributed by atoms with Gasteiger partial charge in [0.15, 0.2) is 5.78 Å². The molecule has 2 heterocycles. The normalized spacial score (nSPS) is 10.2. The van der Waals surface area contributed by atoms with Gasteiger partial charge in [-0.2, -0.15) is 0 Å². The van der Waals surface area contributed by atoms with Crippen LogP contribution in [0.25, 0.3) is 0 Å². The quantitative estimate of drug-likeness (QED) is 0.678. The van der Waals surface area contributed by atoms with E-state index in [1.807, 2.05) is 36.4 Å². The third kappa shape index (κ3) is 4.13. The molecule has 6 nitrogen and oxygen atoms in total. The molecule has 24 heavy (non-hydrogen) atoms. The zero-order chi connectivity index (χ0) is 16.8. The van der Waals surface area contributed by atoms with Crippen molar-refractivity contribution in [1.82, 2.24) is 15.0 Å². The second-order valence-electron chi connectivity index (χ2n) is 5.23. The van der Waals surface area contributed by atoms with Crippen molar-refractivity contribution in [2.45, 2.75) is 13.5 Å². The molecule has 0 saturated carbocycles. The van der Waals surface area contributed by atoms with Crippen LogP contribution in [0.2, 0.25) is 0 Å². The van der Waals surface area contributed by atoms with Gasteiger partial charge in [0.05, 0.1) is 12.2 Å². The van der Waals surface area contributed by atoms with Gasteiger partial charge < -0.3 is 10.6 Å². The van der Waals surface area contributed by atoms with E-state index in [1.165, 1.54) is 6.33 Å². The number of nitrogens with zero attached hydrogens (tertiary/aromatic N) is 3. The summed E-state index contributed by atoms with van der Waals surface area (Å²) < 4.78 is 0. The van der Waals surface area contributed by atoms with Gasteiger partial charge in [-0.05, 0) is 31.2 Å². The predicted octanol–water partition coefficient (Wildman–Crippen LogP) is 3.43. The number of nitrogens with one attached hydrogen (secondary N) is 2. The molecule has 0 fully saturated rings. The minimum absolute atomic E-state index is 0.0269. The molecule has 0 aliphatic carbocycles. The number of carbonyl (C=O) groups is 1. The smallest absolute Gasteiger partial charge is 0.159 e. The standard InChI is InChI=1S/C18H17N5O/c1-13(24)14-5-4-7-15(9-14)23-18-10-17(21-12-22-18)20-11-16-6-2-3-8-19-16/h2-10,12H,11H2,1H3,(H2,20,21,22,23). The lowest BCUT2D eigenvalue weighted by atomic mass is 10.1. The van der Waals surface area contributed by atoms with E-state index in [4.69, 9.17) is 0 Å². The summed E-state index contributed by atoms with van der Waals surface area (Å²) in [6, 6.07) is 14.9. The molecule has 0 radical (unpaired) electrons. The molecular formula is C18H17N5O. The molecule has 2 N–H and O–H groups in total. The van der Waals surface area contributed by atoms with E-state index < -0.39 is 0 Å². The highest BCUT2D eigenvalue weighted by Gasteiger charge is 2.03. The first-order chi connectivity index (χ1) is 11.7. The Morgan fingerprint density at radius 2 is 1.88 bits per heavy atom. The van der Waals surface area contributed by atoms with Crippen molar-refractivity contribution >= 4 is 23.1 Å². The Labute approximate surface area is 140 Å². The molecular weight excluding hydrogens is 302 g/mol. The fourth-order valence-corrected chi connectivity index (χ4v) is 2.17. The molecule has 3 aromatic rings. The molecule has 0 amide bonds. The van der Waals surface area contributed by atoms with Crippen LogP contribution in [0.3, 0.4) is 0 Å². The van der Waals surface area contributed by atoms with Crippen LogP contribution in [0, 0.1) is 0 Å². The number of Topliss-reactive ketones (excluding diaryl/α,β-unsaturated/α-hetero) is 1. The Morgan fingerprint density at radius 1 is 1.00 bits per heavy atom. The zero-order valence-corrected chi connectivity index (χ0v) is 13.2. The summed E-state index contributed by atoms with van der Waals surface area (Å²) in [5.41, 5.74) is 2.39. The lowest BCUT2D eigenvalue weighted by molar-refractivity contribution is 0.101. The third-order valence-corrected chi connectivity index (χ3v) is 3.39. The molecule has 0 saturated heterocycles. The first kappa shape index (κ1) is 15.6. The lowest BCUT2D eigenvalue weighted by Crippen LogP contribution is -2.04. The number of hydrogen-bond acceptors (Lipinski definition) is 6. The molecule has 120 valence electrons. The fourth-order valence-electron chi connectivity index (χ4n) is 2.17. The van der Waals surface area contributed by atoms with Crippen LogP contribution in [0.15, 0.2) is 61.1 Å². The lowest BCUT2D eigenvalue weighted by Gasteiger charge is -2.09. The summed E-state index contributed by atoms with van der Waals surface area (Å²) in [5, 5.41) is 6.39. The number of ketones is 1. The Balaban J connectivity index is 1.69. The number of benzene rings is 1. The number of hydrogen-bond donors (Lipinski definition) is 2. The summed E-state index contributed by atoms with van der Waals surface area (Å²) >= 11 is 0. The third-order valence-electron chi connectivity index (χ3n) is 3.39. The first-order valence-electron chi connectivity index (χ1n) is 7.54. The second-order valence-corrected chi connectivity index (χ2v) is 5.23. The summed E-state index contributed by atoms with van der Waals surface area (Å²) in [7, 11) is 0. The van der Waals surface area contributed by atoms with Gasteiger partial charge in [0.2, 0.25) is 0 Å². The molecule has 0 aliphatic rings. The summed E-state index contributed by atoms with van der Waals surface area (Å²) in [5.74, 6) is 1.37. The Hall–Kier alpha value is -3.28. The maximum Gasteiger partial charge on any atom is 0.159 e. The average Bonchev–Trinajstić information content (AvgIpc) is 2.61. The SMILES string of the molecule is CC(=O)c1cccc(Nc2cc(NCc3ccccn3)ncn2)c1. The average molecular weight is 319 g/mol. The van der Waals surface area contributed by atoms with Crippen LogP contribution >= 0.6 is 0 Å². The van der Waals surface area contributed by atoms with Crippen LogP contribution in [0.5, 0.6) is 0 Å². The maximum absolute atomic E-state index is 11.5. The molecule has 0 atom stereocenters. The van der Waals surface area contributed by atoms with Gasteiger partial charge in [0.25, 0.3) is 0 Å². The molecule has 3 rings (SSSR count). The van der Waals surface area contributed by atoms with E-state index in [1.54, 1.807) is 25.3 Å². The van der Waals surface area contributed by atoms with Gasteiger partial charge in [-0.3, -0.25) is 9.78 Å². The molecule has 2 aromatic heterocycles. The van der Waals surface area contributed by atoms with Gasteiger partial charge in [-0.25, -0.2) is 9.97 Å². The van der Waals surface area contributed by atoms with Crippen molar-refractivity contribution in [3.05, 3.63) is 72.3 Å². The summed E-state index contributed by atoms with van der Waals surface area (Å²) in [6.07, 6.45) is 3.24. The molecule has 0 aliphatic heterocycles. The summed E-state index contributed by atoms with van der Waals surface area (Å²) in [4.78, 5) is 24.1. The van der Waals surface area contributed by atoms with Crippen molar-refractivity contribution in [1.29, 1.82) is 0 Å². The van der Waals surface area contributed by atoms with Gasteiger partial charge in [0.1, 0.15) is 18.0 Å². The fraction of sp³-hybridized carbons (Fsp3) is 0.111. The van der Waals surface area contributed by atoms with Crippen molar-refractivity contribution in [3.8, 4) is 0 Å². The number of aromatic nitrogens is 3. The van der Waals surface area contributed by atoms with Crippen molar-refractivity contribution < 1.29 is 4.79 Å². The van der Waals surface area contributed by atoms with E-state index in [-0.39, 0.29) is 5.78 Å². The van der Waals surface area contributed by atoms with E-state index in [0.29, 0.717) is 23.7 Å². The monoisotopic (exact) mass is 319 g/mol. The van der Waals surface area contributed by atoms with Crippen LogP contribution in [0.1, 0.15) is 23.0 Å². The van der Waals surface area contributed by atoms with E-state index in [2.05, 4.69) is 25.6 Å². The topological polar surface area (TPSA) is 79.8 Å². The largest absolute Gasteiger partial charge is 0.364 e. The van der Waals surface area contributed by atoms with E-state index >= 15 is 0 Å². The molecule has 0 unspecified atom stereocenters. The Morgan fingerprint density at radius 3 is 2.67 bits per heavy atom. The molecule has 0 bridgehead atoms. The van der Waals surface area contributed by atoms with Gasteiger partial charge in [-0.1, -0.05) is 18.2 Å². The highest BCUT2D eigenvalue weighted by atomic mass is 16.1. The van der Waals surface area contributed by atoms with Crippen molar-refractivity contribution in [2.75, 3.05) is 10.6 Å². The van der Waals surface area contributed by atoms with Crippen LogP contribution in [0.4, 0.5) is 17.3 Å². The highest BCUT2D eigenvalue weighted by Crippen LogP contribution is 2.18. The molecule has 1 aromatic carbocycles. The number of anilines is 3. The second kappa shape index (κ2) is 7.32. The number of pyridine rings is 1. The Bertz CT molecular complexity index is 836. The highest BCUT2D eigenvalue weighted by molar-refractivity contribution is 5.95.